The van der Waals surface area contributed by atoms with Gasteiger partial charge in [0.25, 0.3) is 0 Å². The van der Waals surface area contributed by atoms with Crippen LogP contribution in [0.4, 0.5) is 0 Å². The van der Waals surface area contributed by atoms with Crippen LogP contribution >= 0.6 is 0 Å². The number of aliphatic imine (C=N–C) groups is 1. The van der Waals surface area contributed by atoms with Crippen molar-refractivity contribution in [2.75, 3.05) is 26.9 Å². The van der Waals surface area contributed by atoms with Crippen LogP contribution in [0.15, 0.2) is 34.5 Å². The van der Waals surface area contributed by atoms with Crippen LogP contribution in [0.5, 0.6) is 11.5 Å². The van der Waals surface area contributed by atoms with Crippen molar-refractivity contribution in [1.29, 1.82) is 0 Å². The molecule has 2 aliphatic rings. The van der Waals surface area contributed by atoms with Gasteiger partial charge in [0.1, 0.15) is 12.5 Å². The number of methoxy groups -OCH3 is 1. The second-order valence-electron chi connectivity index (χ2n) is 7.14. The average molecular weight is 401 g/mol. The Morgan fingerprint density at radius 2 is 2.07 bits per heavy atom. The third-order valence-electron chi connectivity index (χ3n) is 5.33. The van der Waals surface area contributed by atoms with Crippen LogP contribution in [0, 0.1) is 5.92 Å². The molecule has 0 saturated carbocycles. The Hall–Kier alpha value is -2.67. The second kappa shape index (κ2) is 9.22. The van der Waals surface area contributed by atoms with Gasteiger partial charge in [0.2, 0.25) is 0 Å². The zero-order chi connectivity index (χ0) is 21.0. The molecule has 1 unspecified atom stereocenters. The van der Waals surface area contributed by atoms with Crippen molar-refractivity contribution in [1.82, 2.24) is 0 Å². The van der Waals surface area contributed by atoms with E-state index >= 15 is 0 Å². The van der Waals surface area contributed by atoms with Gasteiger partial charge in [-0.05, 0) is 44.4 Å². The third-order valence-corrected chi connectivity index (χ3v) is 5.33. The highest BCUT2D eigenvalue weighted by Gasteiger charge is 2.43. The number of phenols is 1. The van der Waals surface area contributed by atoms with Crippen LogP contribution < -0.4 is 4.74 Å². The number of Topliss-reactive ketones (excluding diaryl/α,β-unsaturated/α-hetero) is 1. The minimum Gasteiger partial charge on any atom is -0.504 e. The Bertz CT molecular complexity index is 857. The van der Waals surface area contributed by atoms with Gasteiger partial charge in [0, 0.05) is 35.9 Å². The zero-order valence-corrected chi connectivity index (χ0v) is 17.1. The highest BCUT2D eigenvalue weighted by molar-refractivity contribution is 6.08. The van der Waals surface area contributed by atoms with Gasteiger partial charge < -0.3 is 19.3 Å². The molecule has 0 radical (unpaired) electrons. The standard InChI is InChI=1S/C22H27NO6/c1-4-28-10-11-29-22(26)19-13(2)23-15-6-5-7-16(24)21(15)20(19)14-8-9-18(27-3)17(25)12-14/h8-9,12,19-20,25H,4-7,10-11H2,1-3H3/t19?,20-/m0/s1. The van der Waals surface area contributed by atoms with Crippen molar-refractivity contribution in [3.05, 3.63) is 35.0 Å². The van der Waals surface area contributed by atoms with Gasteiger partial charge in [-0.15, -0.1) is 0 Å². The molecule has 0 aromatic heterocycles. The van der Waals surface area contributed by atoms with Crippen molar-refractivity contribution < 1.29 is 28.9 Å². The maximum atomic E-state index is 13.0. The lowest BCUT2D eigenvalue weighted by Gasteiger charge is -2.34. The molecule has 7 heteroatoms. The van der Waals surface area contributed by atoms with Crippen LogP contribution in [-0.4, -0.2) is 49.5 Å². The van der Waals surface area contributed by atoms with E-state index in [9.17, 15) is 14.7 Å². The molecule has 1 aliphatic carbocycles. The normalized spacial score (nSPS) is 21.5. The van der Waals surface area contributed by atoms with Crippen molar-refractivity contribution in [2.45, 2.75) is 39.0 Å². The molecule has 0 spiro atoms. The fourth-order valence-corrected chi connectivity index (χ4v) is 4.01. The smallest absolute Gasteiger partial charge is 0.315 e. The number of hydrogen-bond acceptors (Lipinski definition) is 7. The molecule has 0 saturated heterocycles. The number of ether oxygens (including phenoxy) is 3. The monoisotopic (exact) mass is 401 g/mol. The Morgan fingerprint density at radius 1 is 1.28 bits per heavy atom. The second-order valence-corrected chi connectivity index (χ2v) is 7.14. The van der Waals surface area contributed by atoms with Gasteiger partial charge in [0.05, 0.1) is 13.7 Å². The summed E-state index contributed by atoms with van der Waals surface area (Å²) in [5.74, 6) is -1.45. The van der Waals surface area contributed by atoms with E-state index in [1.165, 1.54) is 7.11 Å². The molecule has 7 nitrogen and oxygen atoms in total. The van der Waals surface area contributed by atoms with E-state index in [1.807, 2.05) is 6.92 Å². The third kappa shape index (κ3) is 4.34. The van der Waals surface area contributed by atoms with Gasteiger partial charge in [-0.25, -0.2) is 0 Å². The highest BCUT2D eigenvalue weighted by atomic mass is 16.6. The molecule has 0 amide bonds. The molecule has 1 aromatic carbocycles. The maximum Gasteiger partial charge on any atom is 0.315 e. The van der Waals surface area contributed by atoms with Crippen molar-refractivity contribution in [3.63, 3.8) is 0 Å². The predicted octanol–water partition coefficient (Wildman–Crippen LogP) is 3.16. The first kappa shape index (κ1) is 21.0. The Morgan fingerprint density at radius 3 is 2.76 bits per heavy atom. The quantitative estimate of drug-likeness (QED) is 0.557. The fraction of sp³-hybridized carbons (Fsp3) is 0.500. The first-order valence-corrected chi connectivity index (χ1v) is 9.90. The summed E-state index contributed by atoms with van der Waals surface area (Å²) in [6, 6.07) is 4.96. The fourth-order valence-electron chi connectivity index (χ4n) is 4.01. The number of nitrogens with zero attached hydrogens (tertiary/aromatic N) is 1. The minimum atomic E-state index is -0.731. The van der Waals surface area contributed by atoms with E-state index in [2.05, 4.69) is 4.99 Å². The van der Waals surface area contributed by atoms with Gasteiger partial charge in [-0.1, -0.05) is 6.07 Å². The maximum absolute atomic E-state index is 13.0. The number of benzene rings is 1. The van der Waals surface area contributed by atoms with Crippen molar-refractivity contribution in [2.24, 2.45) is 10.9 Å². The number of hydrogen-bond donors (Lipinski definition) is 1. The van der Waals surface area contributed by atoms with Gasteiger partial charge in [0.15, 0.2) is 17.3 Å². The summed E-state index contributed by atoms with van der Waals surface area (Å²) in [7, 11) is 1.47. The Labute approximate surface area is 170 Å². The number of ketones is 1. The lowest BCUT2D eigenvalue weighted by Crippen LogP contribution is -2.37. The average Bonchev–Trinajstić information content (AvgIpc) is 2.70. The Balaban J connectivity index is 2.00. The Kier molecular flexibility index (Phi) is 6.69. The molecule has 29 heavy (non-hydrogen) atoms. The molecular weight excluding hydrogens is 374 g/mol. The number of phenolic OH excluding ortho intramolecular Hbond substituents is 1. The van der Waals surface area contributed by atoms with E-state index in [-0.39, 0.29) is 18.1 Å². The molecule has 0 bridgehead atoms. The van der Waals surface area contributed by atoms with E-state index < -0.39 is 17.8 Å². The molecule has 3 rings (SSSR count). The lowest BCUT2D eigenvalue weighted by molar-refractivity contribution is -0.148. The summed E-state index contributed by atoms with van der Waals surface area (Å²) < 4.78 is 15.8. The van der Waals surface area contributed by atoms with E-state index in [0.717, 1.165) is 12.1 Å². The number of allylic oxidation sites excluding steroid dienone is 2. The molecule has 1 N–H and O–H groups in total. The number of carbonyl (C=O) groups is 2. The molecule has 1 aliphatic heterocycles. The summed E-state index contributed by atoms with van der Waals surface area (Å²) in [6.07, 6.45) is 1.87. The summed E-state index contributed by atoms with van der Waals surface area (Å²) in [6.45, 7) is 4.64. The zero-order valence-electron chi connectivity index (χ0n) is 17.1. The molecule has 1 heterocycles. The molecular formula is C22H27NO6. The predicted molar refractivity (Wildman–Crippen MR) is 107 cm³/mol. The van der Waals surface area contributed by atoms with Crippen molar-refractivity contribution >= 4 is 17.5 Å². The summed E-state index contributed by atoms with van der Waals surface area (Å²) in [5.41, 5.74) is 2.56. The van der Waals surface area contributed by atoms with Crippen LogP contribution in [-0.2, 0) is 19.1 Å². The van der Waals surface area contributed by atoms with Crippen LogP contribution in [0.2, 0.25) is 0 Å². The molecule has 1 aromatic rings. The SMILES string of the molecule is CCOCCOC(=O)C1C(C)=NC2=C(C(=O)CCC2)[C@H]1c1ccc(OC)c(O)c1. The molecule has 156 valence electrons. The topological polar surface area (TPSA) is 94.4 Å². The van der Waals surface area contributed by atoms with E-state index in [0.29, 0.717) is 48.7 Å². The number of carbonyl (C=O) groups excluding carboxylic acids is 2. The summed E-state index contributed by atoms with van der Waals surface area (Å²) in [4.78, 5) is 30.4. The van der Waals surface area contributed by atoms with Gasteiger partial charge in [-0.2, -0.15) is 0 Å². The largest absolute Gasteiger partial charge is 0.504 e. The first-order chi connectivity index (χ1) is 14.0. The van der Waals surface area contributed by atoms with Gasteiger partial charge >= 0.3 is 5.97 Å². The number of rotatable bonds is 7. The van der Waals surface area contributed by atoms with E-state index in [4.69, 9.17) is 14.2 Å². The van der Waals surface area contributed by atoms with Crippen LogP contribution in [0.25, 0.3) is 0 Å². The minimum absolute atomic E-state index is 0.00470. The van der Waals surface area contributed by atoms with Crippen molar-refractivity contribution in [3.8, 4) is 11.5 Å². The highest BCUT2D eigenvalue weighted by Crippen LogP contribution is 2.45. The summed E-state index contributed by atoms with van der Waals surface area (Å²) in [5, 5.41) is 10.3. The van der Waals surface area contributed by atoms with Gasteiger partial charge in [-0.3, -0.25) is 14.6 Å². The number of aromatic hydroxyl groups is 1. The van der Waals surface area contributed by atoms with E-state index in [1.54, 1.807) is 25.1 Å². The first-order valence-electron chi connectivity index (χ1n) is 9.90. The molecule has 0 fully saturated rings. The number of esters is 1. The molecule has 2 atom stereocenters. The summed E-state index contributed by atoms with van der Waals surface area (Å²) >= 11 is 0. The lowest BCUT2D eigenvalue weighted by atomic mass is 9.71. The van der Waals surface area contributed by atoms with Crippen LogP contribution in [0.3, 0.4) is 0 Å². The van der Waals surface area contributed by atoms with Crippen LogP contribution in [0.1, 0.15) is 44.6 Å².